The molecule has 0 saturated heterocycles. The van der Waals surface area contributed by atoms with E-state index in [1.54, 1.807) is 11.3 Å². The molecule has 0 aliphatic rings. The van der Waals surface area contributed by atoms with E-state index in [1.807, 2.05) is 13.0 Å². The fourth-order valence-corrected chi connectivity index (χ4v) is 1.92. The molecule has 8 heavy (non-hydrogen) atoms. The topological polar surface area (TPSA) is 0 Å². The van der Waals surface area contributed by atoms with Crippen molar-refractivity contribution in [2.45, 2.75) is 6.92 Å². The van der Waals surface area contributed by atoms with Crippen molar-refractivity contribution < 1.29 is 0 Å². The van der Waals surface area contributed by atoms with Gasteiger partial charge in [-0.3, -0.25) is 0 Å². The summed E-state index contributed by atoms with van der Waals surface area (Å²) in [5.41, 5.74) is 0. The molecule has 1 heterocycles. The van der Waals surface area contributed by atoms with Gasteiger partial charge in [-0.1, -0.05) is 15.9 Å². The summed E-state index contributed by atoms with van der Waals surface area (Å²) in [4.78, 5) is 1.24. The molecular weight excluding hydrogens is 183 g/mol. The number of halogens is 1. The van der Waals surface area contributed by atoms with Crippen LogP contribution >= 0.6 is 27.3 Å². The van der Waals surface area contributed by atoms with Gasteiger partial charge in [0.1, 0.15) is 7.85 Å². The third-order valence-electron chi connectivity index (χ3n) is 0.836. The Hall–Kier alpha value is 0.245. The van der Waals surface area contributed by atoms with Gasteiger partial charge in [-0.05, 0) is 17.8 Å². The molecule has 0 aliphatic carbocycles. The highest BCUT2D eigenvalue weighted by Gasteiger charge is 1.95. The first-order valence-electron chi connectivity index (χ1n) is 2.21. The molecule has 40 valence electrons. The lowest BCUT2D eigenvalue weighted by molar-refractivity contribution is 1.63. The van der Waals surface area contributed by atoms with Crippen LogP contribution in [0.25, 0.3) is 0 Å². The standard InChI is InChI=1S/C5H4BBrS/c1-3-2-4(7)5(6)8-3/h2H,1H3. The van der Waals surface area contributed by atoms with Crippen LogP contribution in [-0.2, 0) is 0 Å². The van der Waals surface area contributed by atoms with Crippen LogP contribution in [0.2, 0.25) is 0 Å². The molecule has 1 aromatic heterocycles. The van der Waals surface area contributed by atoms with E-state index in [2.05, 4.69) is 15.9 Å². The van der Waals surface area contributed by atoms with Crippen LogP contribution in [0.4, 0.5) is 0 Å². The van der Waals surface area contributed by atoms with Crippen molar-refractivity contribution in [3.8, 4) is 0 Å². The maximum absolute atomic E-state index is 5.51. The molecule has 3 heteroatoms. The van der Waals surface area contributed by atoms with Crippen molar-refractivity contribution in [2.24, 2.45) is 0 Å². The average Bonchev–Trinajstić information content (AvgIpc) is 1.85. The summed E-state index contributed by atoms with van der Waals surface area (Å²) in [7, 11) is 5.51. The molecular formula is C5H4BBrS. The van der Waals surface area contributed by atoms with Gasteiger partial charge in [0, 0.05) is 9.35 Å². The first-order valence-corrected chi connectivity index (χ1v) is 3.82. The zero-order chi connectivity index (χ0) is 6.15. The third-order valence-corrected chi connectivity index (χ3v) is 2.63. The van der Waals surface area contributed by atoms with Crippen LogP contribution in [0.3, 0.4) is 0 Å². The van der Waals surface area contributed by atoms with Crippen molar-refractivity contribution in [1.82, 2.24) is 0 Å². The van der Waals surface area contributed by atoms with Gasteiger partial charge in [0.05, 0.1) is 0 Å². The SMILES string of the molecule is [B]c1sc(C)cc1Br. The van der Waals surface area contributed by atoms with E-state index in [0.29, 0.717) is 0 Å². The smallest absolute Gasteiger partial charge is 0.130 e. The van der Waals surface area contributed by atoms with Crippen molar-refractivity contribution in [1.29, 1.82) is 0 Å². The first-order chi connectivity index (χ1) is 3.70. The molecule has 0 amide bonds. The second-order valence-electron chi connectivity index (χ2n) is 1.57. The summed E-state index contributed by atoms with van der Waals surface area (Å²) in [6.07, 6.45) is 0. The molecule has 1 rings (SSSR count). The van der Waals surface area contributed by atoms with E-state index in [4.69, 9.17) is 7.85 Å². The van der Waals surface area contributed by atoms with Gasteiger partial charge in [0.25, 0.3) is 0 Å². The van der Waals surface area contributed by atoms with Gasteiger partial charge >= 0.3 is 0 Å². The lowest BCUT2D eigenvalue weighted by Gasteiger charge is -1.77. The fourth-order valence-electron chi connectivity index (χ4n) is 0.501. The number of hydrogen-bond acceptors (Lipinski definition) is 1. The Morgan fingerprint density at radius 3 is 2.50 bits per heavy atom. The molecule has 0 atom stereocenters. The molecule has 0 bridgehead atoms. The van der Waals surface area contributed by atoms with E-state index >= 15 is 0 Å². The Bertz CT molecular complexity index is 175. The van der Waals surface area contributed by atoms with Gasteiger partial charge in [-0.15, -0.1) is 0 Å². The maximum atomic E-state index is 5.51. The predicted octanol–water partition coefficient (Wildman–Crippen LogP) is 1.61. The largest absolute Gasteiger partial charge is 0.156 e. The Morgan fingerprint density at radius 1 is 1.75 bits per heavy atom. The Balaban J connectivity index is 3.14. The van der Waals surface area contributed by atoms with Gasteiger partial charge in [-0.25, -0.2) is 0 Å². The minimum absolute atomic E-state index is 0.863. The average molecular weight is 187 g/mol. The zero-order valence-electron chi connectivity index (χ0n) is 4.44. The third kappa shape index (κ3) is 1.15. The second kappa shape index (κ2) is 2.23. The Morgan fingerprint density at radius 2 is 2.38 bits per heavy atom. The van der Waals surface area contributed by atoms with Crippen molar-refractivity contribution in [2.75, 3.05) is 0 Å². The van der Waals surface area contributed by atoms with E-state index < -0.39 is 0 Å². The van der Waals surface area contributed by atoms with Gasteiger partial charge < -0.3 is 0 Å². The molecule has 0 unspecified atom stereocenters. The van der Waals surface area contributed by atoms with E-state index in [-0.39, 0.29) is 0 Å². The fraction of sp³-hybridized carbons (Fsp3) is 0.200. The molecule has 2 radical (unpaired) electrons. The van der Waals surface area contributed by atoms with Crippen LogP contribution < -0.4 is 4.78 Å². The molecule has 0 N–H and O–H groups in total. The monoisotopic (exact) mass is 186 g/mol. The zero-order valence-corrected chi connectivity index (χ0v) is 6.84. The van der Waals surface area contributed by atoms with Crippen LogP contribution in [0.15, 0.2) is 10.5 Å². The van der Waals surface area contributed by atoms with Crippen molar-refractivity contribution in [3.63, 3.8) is 0 Å². The molecule has 1 aromatic rings. The van der Waals surface area contributed by atoms with E-state index in [9.17, 15) is 0 Å². The highest BCUT2D eigenvalue weighted by Crippen LogP contribution is 2.14. The lowest BCUT2D eigenvalue weighted by atomic mass is 10.1. The highest BCUT2D eigenvalue weighted by molar-refractivity contribution is 9.10. The number of thiophene rings is 1. The van der Waals surface area contributed by atoms with E-state index in [0.717, 1.165) is 9.25 Å². The summed E-state index contributed by atoms with van der Waals surface area (Å²) in [6.45, 7) is 2.03. The molecule has 0 fully saturated rings. The van der Waals surface area contributed by atoms with Gasteiger partial charge in [0.15, 0.2) is 0 Å². The van der Waals surface area contributed by atoms with Crippen LogP contribution in [0.1, 0.15) is 4.88 Å². The number of aryl methyl sites for hydroxylation is 1. The molecule has 0 saturated carbocycles. The minimum Gasteiger partial charge on any atom is -0.156 e. The second-order valence-corrected chi connectivity index (χ2v) is 3.71. The van der Waals surface area contributed by atoms with Gasteiger partial charge in [0.2, 0.25) is 0 Å². The Labute approximate surface area is 62.5 Å². The molecule has 0 aromatic carbocycles. The van der Waals surface area contributed by atoms with Crippen LogP contribution in [0, 0.1) is 6.92 Å². The van der Waals surface area contributed by atoms with Crippen molar-refractivity contribution in [3.05, 3.63) is 15.4 Å². The molecule has 0 nitrogen and oxygen atoms in total. The summed E-state index contributed by atoms with van der Waals surface area (Å²) < 4.78 is 1.88. The summed E-state index contributed by atoms with van der Waals surface area (Å²) >= 11 is 4.90. The van der Waals surface area contributed by atoms with Crippen LogP contribution in [0.5, 0.6) is 0 Å². The first kappa shape index (κ1) is 6.37. The van der Waals surface area contributed by atoms with Gasteiger partial charge in [-0.2, -0.15) is 11.3 Å². The number of rotatable bonds is 0. The predicted molar refractivity (Wildman–Crippen MR) is 42.1 cm³/mol. The van der Waals surface area contributed by atoms with Crippen molar-refractivity contribution >= 4 is 39.9 Å². The molecule has 0 spiro atoms. The highest BCUT2D eigenvalue weighted by atomic mass is 79.9. The van der Waals surface area contributed by atoms with Crippen LogP contribution in [-0.4, -0.2) is 7.85 Å². The summed E-state index contributed by atoms with van der Waals surface area (Å²) in [6, 6.07) is 2.01. The summed E-state index contributed by atoms with van der Waals surface area (Å²) in [5.74, 6) is 0. The molecule has 0 aliphatic heterocycles. The number of hydrogen-bond donors (Lipinski definition) is 0. The van der Waals surface area contributed by atoms with E-state index in [1.165, 1.54) is 4.88 Å². The minimum atomic E-state index is 0.863. The normalized spacial score (nSPS) is 9.75. The maximum Gasteiger partial charge on any atom is 0.130 e. The summed E-state index contributed by atoms with van der Waals surface area (Å²) in [5, 5.41) is 0. The quantitative estimate of drug-likeness (QED) is 0.541. The lowest BCUT2D eigenvalue weighted by Crippen LogP contribution is -1.92. The Kier molecular flexibility index (Phi) is 1.78.